The summed E-state index contributed by atoms with van der Waals surface area (Å²) < 4.78 is 51.7. The van der Waals surface area contributed by atoms with E-state index >= 15 is 0 Å². The van der Waals surface area contributed by atoms with Crippen molar-refractivity contribution in [1.82, 2.24) is 10.2 Å². The molecule has 1 aliphatic heterocycles. The Labute approximate surface area is 129 Å². The Morgan fingerprint density at radius 3 is 2.57 bits per heavy atom. The van der Waals surface area contributed by atoms with Crippen LogP contribution in [0.1, 0.15) is 35.2 Å². The van der Waals surface area contributed by atoms with Gasteiger partial charge in [0, 0.05) is 19.0 Å². The van der Waals surface area contributed by atoms with Crippen LogP contribution in [0.2, 0.25) is 0 Å². The van der Waals surface area contributed by atoms with E-state index in [9.17, 15) is 27.2 Å². The van der Waals surface area contributed by atoms with Gasteiger partial charge < -0.3 is 10.2 Å². The fraction of sp³-hybridized carbons (Fsp3) is 0.467. The van der Waals surface area contributed by atoms with Gasteiger partial charge in [-0.05, 0) is 31.0 Å². The second kappa shape index (κ2) is 5.50. The molecule has 23 heavy (non-hydrogen) atoms. The van der Waals surface area contributed by atoms with Crippen molar-refractivity contribution in [1.29, 1.82) is 0 Å². The first kappa shape index (κ1) is 15.8. The minimum absolute atomic E-state index is 0.0861. The molecular formula is C15H14F4N2O2. The van der Waals surface area contributed by atoms with Crippen molar-refractivity contribution in [2.75, 3.05) is 6.54 Å². The van der Waals surface area contributed by atoms with Gasteiger partial charge in [0.15, 0.2) is 0 Å². The van der Waals surface area contributed by atoms with Crippen LogP contribution in [0.4, 0.5) is 17.6 Å². The molecule has 1 aromatic rings. The van der Waals surface area contributed by atoms with Crippen molar-refractivity contribution < 1.29 is 27.2 Å². The molecule has 1 aromatic carbocycles. The van der Waals surface area contributed by atoms with Crippen LogP contribution < -0.4 is 5.32 Å². The lowest BCUT2D eigenvalue weighted by Gasteiger charge is -2.16. The number of hydrogen-bond acceptors (Lipinski definition) is 2. The molecule has 8 heteroatoms. The highest BCUT2D eigenvalue weighted by atomic mass is 19.4. The third-order valence-electron chi connectivity index (χ3n) is 4.02. The lowest BCUT2D eigenvalue weighted by Crippen LogP contribution is -2.38. The third kappa shape index (κ3) is 3.30. The molecule has 2 fully saturated rings. The molecule has 1 atom stereocenters. The molecule has 1 N–H and O–H groups in total. The summed E-state index contributed by atoms with van der Waals surface area (Å²) in [4.78, 5) is 25.5. The van der Waals surface area contributed by atoms with Crippen LogP contribution in [0.5, 0.6) is 0 Å². The molecular weight excluding hydrogens is 316 g/mol. The van der Waals surface area contributed by atoms with E-state index in [2.05, 4.69) is 5.32 Å². The maximum atomic E-state index is 13.7. The van der Waals surface area contributed by atoms with Crippen LogP contribution in [0.15, 0.2) is 18.2 Å². The first-order valence-electron chi connectivity index (χ1n) is 7.23. The van der Waals surface area contributed by atoms with Crippen molar-refractivity contribution in [3.63, 3.8) is 0 Å². The number of carbonyl (C=O) groups excluding carboxylic acids is 2. The van der Waals surface area contributed by atoms with Crippen molar-refractivity contribution in [2.24, 2.45) is 0 Å². The van der Waals surface area contributed by atoms with E-state index in [1.54, 1.807) is 4.90 Å². The summed E-state index contributed by atoms with van der Waals surface area (Å²) in [6.07, 6.45) is -2.72. The lowest BCUT2D eigenvalue weighted by molar-refractivity contribution is -0.137. The van der Waals surface area contributed by atoms with Gasteiger partial charge >= 0.3 is 6.18 Å². The maximum absolute atomic E-state index is 13.7. The molecule has 2 aliphatic rings. The molecule has 0 bridgehead atoms. The van der Waals surface area contributed by atoms with Gasteiger partial charge in [0.05, 0.1) is 17.2 Å². The molecule has 1 heterocycles. The number of amides is 2. The maximum Gasteiger partial charge on any atom is 0.416 e. The highest BCUT2D eigenvalue weighted by molar-refractivity contribution is 5.95. The lowest BCUT2D eigenvalue weighted by atomic mass is 10.1. The molecule has 2 amide bonds. The zero-order chi connectivity index (χ0) is 16.8. The van der Waals surface area contributed by atoms with Crippen molar-refractivity contribution in [2.45, 2.75) is 37.5 Å². The summed E-state index contributed by atoms with van der Waals surface area (Å²) in [5, 5.41) is 2.45. The monoisotopic (exact) mass is 330 g/mol. The van der Waals surface area contributed by atoms with Gasteiger partial charge in [-0.15, -0.1) is 0 Å². The molecule has 1 saturated heterocycles. The second-order valence-electron chi connectivity index (χ2n) is 5.84. The Hall–Kier alpha value is -2.12. The summed E-state index contributed by atoms with van der Waals surface area (Å²) in [6.45, 7) is 0.315. The van der Waals surface area contributed by atoms with Gasteiger partial charge in [-0.2, -0.15) is 13.2 Å². The Morgan fingerprint density at radius 2 is 1.96 bits per heavy atom. The van der Waals surface area contributed by atoms with Gasteiger partial charge in [-0.1, -0.05) is 0 Å². The van der Waals surface area contributed by atoms with Gasteiger partial charge in [-0.25, -0.2) is 4.39 Å². The van der Waals surface area contributed by atoms with Gasteiger partial charge in [0.1, 0.15) is 5.82 Å². The average molecular weight is 330 g/mol. The molecule has 0 aromatic heterocycles. The molecule has 124 valence electrons. The zero-order valence-electron chi connectivity index (χ0n) is 12.0. The van der Waals surface area contributed by atoms with Gasteiger partial charge in [0.2, 0.25) is 5.91 Å². The van der Waals surface area contributed by atoms with E-state index in [1.807, 2.05) is 0 Å². The molecule has 4 nitrogen and oxygen atoms in total. The third-order valence-corrected chi connectivity index (χ3v) is 4.02. The minimum atomic E-state index is -4.66. The normalized spacial score (nSPS) is 21.7. The Kier molecular flexibility index (Phi) is 3.77. The number of hydrogen-bond donors (Lipinski definition) is 1. The smallest absolute Gasteiger partial charge is 0.347 e. The van der Waals surface area contributed by atoms with Crippen LogP contribution in [-0.4, -0.2) is 35.3 Å². The SMILES string of the molecule is O=C(NC1CC(=O)N(C2CC2)C1)c1cc(C(F)(F)F)ccc1F. The number of carbonyl (C=O) groups is 2. The van der Waals surface area contributed by atoms with Crippen LogP contribution in [-0.2, 0) is 11.0 Å². The van der Waals surface area contributed by atoms with E-state index < -0.39 is 35.1 Å². The predicted molar refractivity (Wildman–Crippen MR) is 72.0 cm³/mol. The molecule has 0 spiro atoms. The van der Waals surface area contributed by atoms with Crippen LogP contribution >= 0.6 is 0 Å². The van der Waals surface area contributed by atoms with E-state index in [0.29, 0.717) is 24.7 Å². The van der Waals surface area contributed by atoms with Crippen molar-refractivity contribution >= 4 is 11.8 Å². The van der Waals surface area contributed by atoms with E-state index in [1.165, 1.54) is 0 Å². The number of likely N-dealkylation sites (tertiary alicyclic amines) is 1. The number of benzene rings is 1. The van der Waals surface area contributed by atoms with Crippen LogP contribution in [0, 0.1) is 5.82 Å². The molecule has 3 rings (SSSR count). The van der Waals surface area contributed by atoms with Gasteiger partial charge in [-0.3, -0.25) is 9.59 Å². The van der Waals surface area contributed by atoms with E-state index in [0.717, 1.165) is 12.8 Å². The number of halogens is 4. The largest absolute Gasteiger partial charge is 0.416 e. The zero-order valence-corrected chi connectivity index (χ0v) is 12.0. The van der Waals surface area contributed by atoms with Crippen molar-refractivity contribution in [3.05, 3.63) is 35.1 Å². The quantitative estimate of drug-likeness (QED) is 0.865. The number of nitrogens with one attached hydrogen (secondary N) is 1. The fourth-order valence-electron chi connectivity index (χ4n) is 2.71. The van der Waals surface area contributed by atoms with E-state index in [-0.39, 0.29) is 18.4 Å². The summed E-state index contributed by atoms with van der Waals surface area (Å²) >= 11 is 0. The van der Waals surface area contributed by atoms with Crippen LogP contribution in [0.3, 0.4) is 0 Å². The number of alkyl halides is 3. The number of nitrogens with zero attached hydrogens (tertiary/aromatic N) is 1. The first-order valence-corrected chi connectivity index (χ1v) is 7.23. The summed E-state index contributed by atoms with van der Waals surface area (Å²) in [6, 6.07) is 1.38. The predicted octanol–water partition coefficient (Wildman–Crippen LogP) is 2.34. The Bertz CT molecular complexity index is 655. The second-order valence-corrected chi connectivity index (χ2v) is 5.84. The van der Waals surface area contributed by atoms with Gasteiger partial charge in [0.25, 0.3) is 5.91 Å². The van der Waals surface area contributed by atoms with Crippen molar-refractivity contribution in [3.8, 4) is 0 Å². The summed E-state index contributed by atoms with van der Waals surface area (Å²) in [5.41, 5.74) is -1.76. The topological polar surface area (TPSA) is 49.4 Å². The number of rotatable bonds is 3. The molecule has 1 aliphatic carbocycles. The van der Waals surface area contributed by atoms with Crippen LogP contribution in [0.25, 0.3) is 0 Å². The Morgan fingerprint density at radius 1 is 1.26 bits per heavy atom. The Balaban J connectivity index is 1.72. The highest BCUT2D eigenvalue weighted by Crippen LogP contribution is 2.32. The fourth-order valence-corrected chi connectivity index (χ4v) is 2.71. The minimum Gasteiger partial charge on any atom is -0.347 e. The van der Waals surface area contributed by atoms with E-state index in [4.69, 9.17) is 0 Å². The highest BCUT2D eigenvalue weighted by Gasteiger charge is 2.40. The summed E-state index contributed by atoms with van der Waals surface area (Å²) in [5.74, 6) is -2.06. The average Bonchev–Trinajstić information content (AvgIpc) is 3.22. The molecule has 1 unspecified atom stereocenters. The summed E-state index contributed by atoms with van der Waals surface area (Å²) in [7, 11) is 0. The standard InChI is InChI=1S/C15H14F4N2O2/c16-12-4-1-8(15(17,18)19)5-11(12)14(23)20-9-6-13(22)21(7-9)10-2-3-10/h1,4-5,9-10H,2-3,6-7H2,(H,20,23). The molecule has 1 saturated carbocycles. The molecule has 0 radical (unpaired) electrons. The first-order chi connectivity index (χ1) is 10.8.